The third-order valence-corrected chi connectivity index (χ3v) is 9.37. The largest absolute Gasteiger partial charge is 0.557 e. The fourth-order valence-electron chi connectivity index (χ4n) is 6.71. The topological polar surface area (TPSA) is 43.9 Å². The molecule has 9 aromatic rings. The van der Waals surface area contributed by atoms with Crippen molar-refractivity contribution in [2.45, 2.75) is 40.4 Å². The maximum absolute atomic E-state index is 8.65. The minimum atomic E-state index is -2.18. The Morgan fingerprint density at radius 3 is 2.02 bits per heavy atom. The van der Waals surface area contributed by atoms with Crippen LogP contribution >= 0.6 is 0 Å². The van der Waals surface area contributed by atoms with E-state index < -0.39 is 19.6 Å². The van der Waals surface area contributed by atoms with Gasteiger partial charge in [-0.15, -0.1) is 35.4 Å². The van der Waals surface area contributed by atoms with E-state index in [4.69, 9.17) is 19.0 Å². The number of fused-ring (bicyclic) bond motifs is 2. The van der Waals surface area contributed by atoms with Gasteiger partial charge >= 0.3 is 0 Å². The molecule has 55 heavy (non-hydrogen) atoms. The monoisotopic (exact) mass is 899 g/mol. The second-order valence-electron chi connectivity index (χ2n) is 13.4. The molecule has 3 aromatic heterocycles. The van der Waals surface area contributed by atoms with Gasteiger partial charge in [0.25, 0.3) is 0 Å². The van der Waals surface area contributed by atoms with Gasteiger partial charge in [-0.2, -0.15) is 0 Å². The molecule has 3 heterocycles. The average molecular weight is 899 g/mol. The Bertz CT molecular complexity index is 2850. The zero-order valence-corrected chi connectivity index (χ0v) is 32.9. The van der Waals surface area contributed by atoms with Crippen LogP contribution in [0.25, 0.3) is 72.6 Å². The van der Waals surface area contributed by atoms with E-state index >= 15 is 0 Å². The number of aryl methyl sites for hydroxylation is 3. The first-order valence-corrected chi connectivity index (χ1v) is 17.7. The Balaban J connectivity index is 0.000000233. The van der Waals surface area contributed by atoms with Gasteiger partial charge in [0.05, 0.1) is 22.5 Å². The van der Waals surface area contributed by atoms with Gasteiger partial charge in [-0.25, -0.2) is 0 Å². The van der Waals surface area contributed by atoms with Crippen molar-refractivity contribution in [3.05, 3.63) is 186 Å². The number of para-hydroxylation sites is 2. The van der Waals surface area contributed by atoms with Crippen LogP contribution in [0.1, 0.15) is 51.6 Å². The Morgan fingerprint density at radius 2 is 1.40 bits per heavy atom. The molecule has 5 heteroatoms. The van der Waals surface area contributed by atoms with Gasteiger partial charge in [0.1, 0.15) is 0 Å². The third kappa shape index (κ3) is 7.73. The molecule has 0 bridgehead atoms. The molecule has 0 aliphatic heterocycles. The number of rotatable bonds is 6. The van der Waals surface area contributed by atoms with Crippen molar-refractivity contribution in [1.82, 2.24) is 14.5 Å². The summed E-state index contributed by atoms with van der Waals surface area (Å²) in [5.74, 6) is 0.00365. The number of hydrogen-bond acceptors (Lipinski definition) is 3. The van der Waals surface area contributed by atoms with Crippen LogP contribution in [-0.4, -0.2) is 14.5 Å². The van der Waals surface area contributed by atoms with E-state index in [1.54, 1.807) is 12.1 Å². The van der Waals surface area contributed by atoms with E-state index in [1.807, 2.05) is 50.2 Å². The summed E-state index contributed by atoms with van der Waals surface area (Å²) in [6.07, 6.45) is 4.49. The van der Waals surface area contributed by atoms with Gasteiger partial charge in [0, 0.05) is 58.9 Å². The molecular formula is C50H41IrN3O-2. The Morgan fingerprint density at radius 1 is 0.727 bits per heavy atom. The zero-order valence-electron chi connectivity index (χ0n) is 37.5. The van der Waals surface area contributed by atoms with Crippen molar-refractivity contribution in [2.24, 2.45) is 0 Å². The maximum Gasteiger partial charge on any atom is 0.0774 e. The van der Waals surface area contributed by atoms with Crippen molar-refractivity contribution in [2.75, 3.05) is 0 Å². The SMILES string of the molecule is [2H]C(C)(C)c1ccc2o[c-]c(-c3nc4ccccc4n3-c3c(-c4ccccc4)cc(C)cc3-c3ccccc3)c2c1.[2H]C([2H])([2H])c1c[c-]c(-c2ccc(C([2H])([2H])[2H])cn2)cc1.[Ir]. The molecule has 0 unspecified atom stereocenters. The Kier molecular flexibility index (Phi) is 8.71. The molecule has 9 rings (SSSR count). The number of hydrogen-bond donors (Lipinski definition) is 0. The molecule has 0 N–H and O–H groups in total. The molecule has 0 aliphatic rings. The van der Waals surface area contributed by atoms with Crippen LogP contribution in [-0.2, 0) is 20.1 Å². The summed E-state index contributed by atoms with van der Waals surface area (Å²) in [6.45, 7) is 1.61. The van der Waals surface area contributed by atoms with Crippen LogP contribution in [0.15, 0.2) is 156 Å². The summed E-state index contributed by atoms with van der Waals surface area (Å²) in [4.78, 5) is 9.27. The summed E-state index contributed by atoms with van der Waals surface area (Å²) < 4.78 is 60.5. The van der Waals surface area contributed by atoms with Gasteiger partial charge in [0.15, 0.2) is 0 Å². The first-order valence-electron chi connectivity index (χ1n) is 21.2. The van der Waals surface area contributed by atoms with Gasteiger partial charge in [0.2, 0.25) is 0 Å². The number of nitrogens with zero attached hydrogens (tertiary/aromatic N) is 3. The quantitative estimate of drug-likeness (QED) is 0.156. The van der Waals surface area contributed by atoms with Crippen molar-refractivity contribution in [3.63, 3.8) is 0 Å². The predicted molar refractivity (Wildman–Crippen MR) is 223 cm³/mol. The van der Waals surface area contributed by atoms with Crippen LogP contribution in [0.2, 0.25) is 0 Å². The summed E-state index contributed by atoms with van der Waals surface area (Å²) in [5.41, 5.74) is 12.6. The Labute approximate surface area is 346 Å². The van der Waals surface area contributed by atoms with Crippen LogP contribution < -0.4 is 0 Å². The van der Waals surface area contributed by atoms with Gasteiger partial charge in [-0.05, 0) is 71.9 Å². The number of furan rings is 1. The molecule has 0 saturated carbocycles. The maximum atomic E-state index is 8.65. The van der Waals surface area contributed by atoms with E-state index in [0.29, 0.717) is 11.3 Å². The number of benzene rings is 6. The first kappa shape index (κ1) is 29.5. The van der Waals surface area contributed by atoms with Crippen molar-refractivity contribution < 1.29 is 34.1 Å². The summed E-state index contributed by atoms with van der Waals surface area (Å²) >= 11 is 0. The molecule has 4 nitrogen and oxygen atoms in total. The molecule has 0 atom stereocenters. The smallest absolute Gasteiger partial charge is 0.0774 e. The second-order valence-corrected chi connectivity index (χ2v) is 13.4. The average Bonchev–Trinajstić information content (AvgIpc) is 3.85. The normalized spacial score (nSPS) is 13.5. The van der Waals surface area contributed by atoms with Gasteiger partial charge in [-0.3, -0.25) is 4.98 Å². The zero-order chi connectivity index (χ0) is 43.1. The number of pyridine rings is 1. The van der Waals surface area contributed by atoms with Gasteiger partial charge in [-0.1, -0.05) is 140 Å². The van der Waals surface area contributed by atoms with E-state index in [9.17, 15) is 0 Å². The summed E-state index contributed by atoms with van der Waals surface area (Å²) in [7, 11) is 0. The second kappa shape index (κ2) is 16.2. The number of aromatic nitrogens is 3. The predicted octanol–water partition coefficient (Wildman–Crippen LogP) is 13.2. The summed E-state index contributed by atoms with van der Waals surface area (Å²) in [6, 6.07) is 50.2. The van der Waals surface area contributed by atoms with Crippen molar-refractivity contribution in [1.29, 1.82) is 0 Å². The van der Waals surface area contributed by atoms with E-state index in [2.05, 4.69) is 108 Å². The third-order valence-electron chi connectivity index (χ3n) is 9.37. The van der Waals surface area contributed by atoms with Crippen LogP contribution in [0, 0.1) is 33.0 Å². The van der Waals surface area contributed by atoms with Gasteiger partial charge < -0.3 is 14.0 Å². The molecule has 0 spiro atoms. The molecule has 1 radical (unpaired) electrons. The summed E-state index contributed by atoms with van der Waals surface area (Å²) in [5, 5.41) is 0.897. The van der Waals surface area contributed by atoms with E-state index in [0.717, 1.165) is 66.9 Å². The molecule has 6 aromatic carbocycles. The van der Waals surface area contributed by atoms with Crippen molar-refractivity contribution in [3.8, 4) is 50.6 Å². The molecule has 0 amide bonds. The minimum Gasteiger partial charge on any atom is -0.557 e. The molecule has 0 aliphatic carbocycles. The van der Waals surface area contributed by atoms with Crippen LogP contribution in [0.3, 0.4) is 0 Å². The molecule has 273 valence electrons. The molecular weight excluding hydrogens is 851 g/mol. The van der Waals surface area contributed by atoms with Crippen LogP contribution in [0.5, 0.6) is 0 Å². The van der Waals surface area contributed by atoms with E-state index in [-0.39, 0.29) is 31.2 Å². The molecule has 0 saturated heterocycles. The fourth-order valence-corrected chi connectivity index (χ4v) is 6.71. The van der Waals surface area contributed by atoms with Crippen molar-refractivity contribution >= 4 is 22.0 Å². The van der Waals surface area contributed by atoms with E-state index in [1.165, 1.54) is 30.0 Å². The first-order chi connectivity index (χ1) is 29.1. The number of imidazole rings is 1. The van der Waals surface area contributed by atoms with Crippen LogP contribution in [0.4, 0.5) is 0 Å². The fraction of sp³-hybridized carbons (Fsp3) is 0.120. The minimum absolute atomic E-state index is 0. The standard InChI is InChI=1S/C37H29N2O.C13H12N.Ir/c1-24(2)28-18-19-35-31(22-28)32(23-40-35)37-38-33-16-10-11-17-34(33)39(37)36-29(26-12-6-4-7-13-26)20-25(3)21-30(36)27-14-8-5-9-15-27;1-10-3-6-12(7-4-10)13-8-5-11(2)9-14-13;/h4-22,24H,1-3H3;3-6,8-9H,1-2H3;/q2*-1;/i24D;1D3,2D3;. The molecule has 0 fully saturated rings. The Hall–Kier alpha value is -5.87.